The van der Waals surface area contributed by atoms with Gasteiger partial charge in [0.15, 0.2) is 0 Å². The van der Waals surface area contributed by atoms with Crippen molar-refractivity contribution in [3.63, 3.8) is 0 Å². The van der Waals surface area contributed by atoms with Crippen LogP contribution in [-0.2, 0) is 13.0 Å². The maximum absolute atomic E-state index is 6.25. The van der Waals surface area contributed by atoms with Crippen LogP contribution < -0.4 is 9.64 Å². The maximum atomic E-state index is 6.25. The van der Waals surface area contributed by atoms with Crippen molar-refractivity contribution in [3.05, 3.63) is 118 Å². The molecule has 5 nitrogen and oxygen atoms in total. The molecule has 3 aromatic carbocycles. The molecule has 35 heavy (non-hydrogen) atoms. The average molecular weight is 501 g/mol. The van der Waals surface area contributed by atoms with Crippen LogP contribution in [0.1, 0.15) is 28.4 Å². The molecule has 1 atom stereocenters. The topological polar surface area (TPSA) is 54.0 Å². The summed E-state index contributed by atoms with van der Waals surface area (Å²) in [4.78, 5) is 14.8. The van der Waals surface area contributed by atoms with E-state index in [1.807, 2.05) is 30.3 Å². The van der Waals surface area contributed by atoms with Gasteiger partial charge in [0.25, 0.3) is 0 Å². The molecule has 174 valence electrons. The molecule has 0 bridgehead atoms. The second-order valence-corrected chi connectivity index (χ2v) is 9.34. The molecule has 0 radical (unpaired) electrons. The van der Waals surface area contributed by atoms with Crippen LogP contribution >= 0.6 is 23.2 Å². The summed E-state index contributed by atoms with van der Waals surface area (Å²) in [5, 5.41) is 1.90. The maximum Gasteiger partial charge on any atom is 0.229 e. The number of ether oxygens (including phenoxy) is 1. The minimum Gasteiger partial charge on any atom is -0.489 e. The Morgan fingerprint density at radius 1 is 0.886 bits per heavy atom. The summed E-state index contributed by atoms with van der Waals surface area (Å²) >= 11 is 12.5. The molecule has 1 aliphatic heterocycles. The summed E-state index contributed by atoms with van der Waals surface area (Å²) in [6.07, 6.45) is 0.863. The van der Waals surface area contributed by atoms with Crippen LogP contribution in [-0.4, -0.2) is 21.5 Å². The first kappa shape index (κ1) is 22.0. The van der Waals surface area contributed by atoms with Gasteiger partial charge in [0.1, 0.15) is 22.7 Å². The van der Waals surface area contributed by atoms with Gasteiger partial charge in [-0.2, -0.15) is 0 Å². The second-order valence-electron chi connectivity index (χ2n) is 8.57. The predicted octanol–water partition coefficient (Wildman–Crippen LogP) is 7.00. The van der Waals surface area contributed by atoms with Crippen LogP contribution in [0.5, 0.6) is 5.75 Å². The zero-order chi connectivity index (χ0) is 23.8. The fraction of sp³-hybridized carbons (Fsp3) is 0.143. The number of benzene rings is 3. The van der Waals surface area contributed by atoms with Crippen molar-refractivity contribution in [1.82, 2.24) is 15.0 Å². The Balaban J connectivity index is 1.38. The number of hydrogen-bond acceptors (Lipinski definition) is 4. The minimum atomic E-state index is -0.121. The predicted molar refractivity (Wildman–Crippen MR) is 140 cm³/mol. The zero-order valence-electron chi connectivity index (χ0n) is 18.8. The Kier molecular flexibility index (Phi) is 5.80. The van der Waals surface area contributed by atoms with Crippen molar-refractivity contribution >= 4 is 40.1 Å². The first-order valence-corrected chi connectivity index (χ1v) is 12.2. The Hall–Kier alpha value is -3.54. The molecule has 0 aliphatic carbocycles. The van der Waals surface area contributed by atoms with Crippen LogP contribution in [0.25, 0.3) is 10.9 Å². The summed E-state index contributed by atoms with van der Waals surface area (Å²) in [6.45, 7) is 1.26. The Bertz CT molecular complexity index is 1460. The summed E-state index contributed by atoms with van der Waals surface area (Å²) in [7, 11) is 0. The molecule has 5 aromatic rings. The second kappa shape index (κ2) is 9.25. The van der Waals surface area contributed by atoms with E-state index in [4.69, 9.17) is 27.9 Å². The van der Waals surface area contributed by atoms with Gasteiger partial charge in [0.2, 0.25) is 5.95 Å². The highest BCUT2D eigenvalue weighted by Crippen LogP contribution is 2.40. The molecule has 1 N–H and O–H groups in total. The molecule has 0 fully saturated rings. The number of H-pyrrole nitrogens is 1. The fourth-order valence-electron chi connectivity index (χ4n) is 4.80. The van der Waals surface area contributed by atoms with Crippen molar-refractivity contribution in [2.24, 2.45) is 0 Å². The van der Waals surface area contributed by atoms with E-state index in [9.17, 15) is 0 Å². The number of aromatic nitrogens is 3. The van der Waals surface area contributed by atoms with Crippen LogP contribution in [0.2, 0.25) is 10.3 Å². The van der Waals surface area contributed by atoms with E-state index in [1.54, 1.807) is 6.07 Å². The minimum absolute atomic E-state index is 0.121. The lowest BCUT2D eigenvalue weighted by atomic mass is 9.92. The van der Waals surface area contributed by atoms with Crippen molar-refractivity contribution in [1.29, 1.82) is 0 Å². The molecule has 0 saturated heterocycles. The standard InChI is InChI=1S/C28H22Cl2N4O/c29-24-16-25(30)33-28(32-24)34-15-14-22-21-8-4-5-9-23(21)31-26(22)27(34)19-10-12-20(13-11-19)35-17-18-6-2-1-3-7-18/h1-13,16,27,31H,14-15,17H2. The number of hydrogen-bond donors (Lipinski definition) is 1. The number of nitrogens with one attached hydrogen (secondary N) is 1. The van der Waals surface area contributed by atoms with Gasteiger partial charge in [-0.1, -0.05) is 83.9 Å². The first-order valence-electron chi connectivity index (χ1n) is 11.5. The Labute approximate surface area is 213 Å². The summed E-state index contributed by atoms with van der Waals surface area (Å²) in [5.74, 6) is 1.33. The highest BCUT2D eigenvalue weighted by molar-refractivity contribution is 6.33. The number of anilines is 1. The Morgan fingerprint density at radius 2 is 1.60 bits per heavy atom. The number of aromatic amines is 1. The van der Waals surface area contributed by atoms with E-state index in [2.05, 4.69) is 68.4 Å². The van der Waals surface area contributed by atoms with Gasteiger partial charge in [0.05, 0.1) is 6.04 Å². The molecule has 1 aliphatic rings. The quantitative estimate of drug-likeness (QED) is 0.264. The molecule has 1 unspecified atom stereocenters. The van der Waals surface area contributed by atoms with E-state index in [0.717, 1.165) is 41.1 Å². The van der Waals surface area contributed by atoms with Crippen LogP contribution in [0.3, 0.4) is 0 Å². The molecule has 0 saturated carbocycles. The summed E-state index contributed by atoms with van der Waals surface area (Å²) < 4.78 is 6.01. The lowest BCUT2D eigenvalue weighted by Crippen LogP contribution is -2.37. The van der Waals surface area contributed by atoms with E-state index in [0.29, 0.717) is 22.9 Å². The van der Waals surface area contributed by atoms with E-state index in [-0.39, 0.29) is 6.04 Å². The van der Waals surface area contributed by atoms with Crippen LogP contribution in [0, 0.1) is 0 Å². The third-order valence-electron chi connectivity index (χ3n) is 6.39. The molecular formula is C28H22Cl2N4O. The zero-order valence-corrected chi connectivity index (χ0v) is 20.3. The first-order chi connectivity index (χ1) is 17.2. The SMILES string of the molecule is Clc1cc(Cl)nc(N2CCc3c([nH]c4ccccc34)C2c2ccc(OCc3ccccc3)cc2)n1. The van der Waals surface area contributed by atoms with Crippen molar-refractivity contribution in [3.8, 4) is 5.75 Å². The molecule has 6 rings (SSSR count). The molecule has 2 aromatic heterocycles. The monoisotopic (exact) mass is 500 g/mol. The van der Waals surface area contributed by atoms with Crippen LogP contribution in [0.4, 0.5) is 5.95 Å². The van der Waals surface area contributed by atoms with E-state index in [1.165, 1.54) is 10.9 Å². The lowest BCUT2D eigenvalue weighted by Gasteiger charge is -2.36. The lowest BCUT2D eigenvalue weighted by molar-refractivity contribution is 0.306. The fourth-order valence-corrected chi connectivity index (χ4v) is 5.21. The number of rotatable bonds is 5. The van der Waals surface area contributed by atoms with Gasteiger partial charge in [-0.3, -0.25) is 0 Å². The number of halogens is 2. The molecule has 0 amide bonds. The molecule has 3 heterocycles. The van der Waals surface area contributed by atoms with Crippen molar-refractivity contribution < 1.29 is 4.74 Å². The summed E-state index contributed by atoms with van der Waals surface area (Å²) in [5.41, 5.74) is 5.81. The molecule has 0 spiro atoms. The average Bonchev–Trinajstić information content (AvgIpc) is 3.26. The summed E-state index contributed by atoms with van der Waals surface area (Å²) in [6, 6.07) is 28.2. The van der Waals surface area contributed by atoms with Gasteiger partial charge < -0.3 is 14.6 Å². The highest BCUT2D eigenvalue weighted by atomic mass is 35.5. The smallest absolute Gasteiger partial charge is 0.229 e. The van der Waals surface area contributed by atoms with Gasteiger partial charge in [0, 0.05) is 29.2 Å². The number of para-hydroxylation sites is 1. The van der Waals surface area contributed by atoms with Gasteiger partial charge in [-0.05, 0) is 41.3 Å². The largest absolute Gasteiger partial charge is 0.489 e. The Morgan fingerprint density at radius 3 is 2.37 bits per heavy atom. The molecule has 7 heteroatoms. The highest BCUT2D eigenvalue weighted by Gasteiger charge is 2.33. The molecular weight excluding hydrogens is 479 g/mol. The van der Waals surface area contributed by atoms with Crippen molar-refractivity contribution in [2.45, 2.75) is 19.1 Å². The van der Waals surface area contributed by atoms with Crippen LogP contribution in [0.15, 0.2) is 84.9 Å². The van der Waals surface area contributed by atoms with Gasteiger partial charge >= 0.3 is 0 Å². The van der Waals surface area contributed by atoms with Gasteiger partial charge in [-0.15, -0.1) is 0 Å². The normalized spacial score (nSPS) is 15.3. The van der Waals surface area contributed by atoms with E-state index >= 15 is 0 Å². The number of nitrogens with zero attached hydrogens (tertiary/aromatic N) is 3. The third-order valence-corrected chi connectivity index (χ3v) is 6.77. The van der Waals surface area contributed by atoms with Crippen molar-refractivity contribution in [2.75, 3.05) is 11.4 Å². The van der Waals surface area contributed by atoms with Gasteiger partial charge in [-0.25, -0.2) is 9.97 Å². The number of fused-ring (bicyclic) bond motifs is 3. The van der Waals surface area contributed by atoms with E-state index < -0.39 is 0 Å². The third kappa shape index (κ3) is 4.33.